The monoisotopic (exact) mass is 325 g/mol. The lowest BCUT2D eigenvalue weighted by atomic mass is 10.00. The number of nitrogens with one attached hydrogen (secondary N) is 1. The number of rotatable bonds is 5. The first kappa shape index (κ1) is 16.4. The second-order valence-corrected chi connectivity index (χ2v) is 6.06. The summed E-state index contributed by atoms with van der Waals surface area (Å²) in [5, 5.41) is 2.88. The van der Waals surface area contributed by atoms with Crippen LogP contribution in [-0.2, 0) is 6.54 Å². The van der Waals surface area contributed by atoms with E-state index in [0.29, 0.717) is 18.3 Å². The number of carbonyl (C=O) groups excluding carboxylic acids is 1. The Morgan fingerprint density at radius 1 is 1.38 bits per heavy atom. The van der Waals surface area contributed by atoms with Crippen molar-refractivity contribution < 1.29 is 4.79 Å². The Bertz CT molecular complexity index is 676. The molecule has 6 nitrogen and oxygen atoms in total. The highest BCUT2D eigenvalue weighted by Crippen LogP contribution is 2.24. The van der Waals surface area contributed by atoms with Gasteiger partial charge in [-0.2, -0.15) is 0 Å². The molecule has 1 atom stereocenters. The molecule has 0 spiro atoms. The fourth-order valence-corrected chi connectivity index (χ4v) is 3.13. The highest BCUT2D eigenvalue weighted by atomic mass is 16.1. The molecule has 6 heteroatoms. The maximum absolute atomic E-state index is 12.4. The summed E-state index contributed by atoms with van der Waals surface area (Å²) in [5.41, 5.74) is 1.37. The Balaban J connectivity index is 1.69. The quantitative estimate of drug-likeness (QED) is 0.915. The van der Waals surface area contributed by atoms with Gasteiger partial charge in [-0.1, -0.05) is 13.0 Å². The SMILES string of the molecule is CCC1CCCCN1c1cc(C(=O)NCc2cccnc2)ncn1. The van der Waals surface area contributed by atoms with Gasteiger partial charge in [0, 0.05) is 37.6 Å². The lowest BCUT2D eigenvalue weighted by Gasteiger charge is -2.36. The van der Waals surface area contributed by atoms with Crippen LogP contribution < -0.4 is 10.2 Å². The van der Waals surface area contributed by atoms with Crippen LogP contribution in [0.1, 0.15) is 48.7 Å². The van der Waals surface area contributed by atoms with E-state index in [2.05, 4.69) is 32.1 Å². The zero-order chi connectivity index (χ0) is 16.8. The predicted octanol–water partition coefficient (Wildman–Crippen LogP) is 2.57. The number of amides is 1. The zero-order valence-corrected chi connectivity index (χ0v) is 14.0. The van der Waals surface area contributed by atoms with Gasteiger partial charge in [0.25, 0.3) is 5.91 Å². The third-order valence-corrected chi connectivity index (χ3v) is 4.45. The second-order valence-electron chi connectivity index (χ2n) is 6.06. The number of aromatic nitrogens is 3. The molecule has 126 valence electrons. The molecule has 3 rings (SSSR count). The van der Waals surface area contributed by atoms with Gasteiger partial charge in [0.15, 0.2) is 0 Å². The van der Waals surface area contributed by atoms with Gasteiger partial charge < -0.3 is 10.2 Å². The summed E-state index contributed by atoms with van der Waals surface area (Å²) in [5.74, 6) is 0.663. The van der Waals surface area contributed by atoms with Crippen molar-refractivity contribution in [3.63, 3.8) is 0 Å². The van der Waals surface area contributed by atoms with Gasteiger partial charge in [0.2, 0.25) is 0 Å². The summed E-state index contributed by atoms with van der Waals surface area (Å²) < 4.78 is 0. The van der Waals surface area contributed by atoms with Gasteiger partial charge in [-0.15, -0.1) is 0 Å². The van der Waals surface area contributed by atoms with E-state index in [1.54, 1.807) is 18.5 Å². The molecule has 1 aliphatic rings. The van der Waals surface area contributed by atoms with Crippen LogP contribution in [0.2, 0.25) is 0 Å². The first-order valence-corrected chi connectivity index (χ1v) is 8.53. The standard InChI is InChI=1S/C18H23N5O/c1-2-15-7-3-4-9-23(15)17-10-16(21-13-22-17)18(24)20-12-14-6-5-8-19-11-14/h5-6,8,10-11,13,15H,2-4,7,9,12H2,1H3,(H,20,24). The van der Waals surface area contributed by atoms with Crippen molar-refractivity contribution in [2.24, 2.45) is 0 Å². The minimum atomic E-state index is -0.187. The van der Waals surface area contributed by atoms with Crippen LogP contribution in [0.5, 0.6) is 0 Å². The lowest BCUT2D eigenvalue weighted by Crippen LogP contribution is -2.39. The third kappa shape index (κ3) is 3.88. The first-order chi connectivity index (χ1) is 11.8. The van der Waals surface area contributed by atoms with Gasteiger partial charge in [-0.05, 0) is 37.3 Å². The molecular formula is C18H23N5O. The van der Waals surface area contributed by atoms with Crippen LogP contribution in [0.4, 0.5) is 5.82 Å². The fraction of sp³-hybridized carbons (Fsp3) is 0.444. The maximum Gasteiger partial charge on any atom is 0.270 e. The van der Waals surface area contributed by atoms with Gasteiger partial charge in [-0.25, -0.2) is 9.97 Å². The largest absolute Gasteiger partial charge is 0.354 e. The van der Waals surface area contributed by atoms with Gasteiger partial charge in [0.05, 0.1) is 0 Å². The van der Waals surface area contributed by atoms with Crippen LogP contribution in [0.25, 0.3) is 0 Å². The van der Waals surface area contributed by atoms with Crippen LogP contribution in [-0.4, -0.2) is 33.4 Å². The van der Waals surface area contributed by atoms with Crippen molar-refractivity contribution in [3.8, 4) is 0 Å². The number of pyridine rings is 1. The number of nitrogens with zero attached hydrogens (tertiary/aromatic N) is 4. The molecule has 1 saturated heterocycles. The molecule has 0 radical (unpaired) electrons. The highest BCUT2D eigenvalue weighted by molar-refractivity contribution is 5.92. The summed E-state index contributed by atoms with van der Waals surface area (Å²) in [6.07, 6.45) is 9.64. The van der Waals surface area contributed by atoms with E-state index in [1.807, 2.05) is 12.1 Å². The van der Waals surface area contributed by atoms with Crippen molar-refractivity contribution in [3.05, 3.63) is 48.2 Å². The first-order valence-electron chi connectivity index (χ1n) is 8.53. The Labute approximate surface area is 142 Å². The second kappa shape index (κ2) is 7.86. The molecule has 2 aromatic rings. The number of piperidine rings is 1. The topological polar surface area (TPSA) is 71.0 Å². The zero-order valence-electron chi connectivity index (χ0n) is 14.0. The normalized spacial score (nSPS) is 17.5. The average Bonchev–Trinajstić information content (AvgIpc) is 2.67. The fourth-order valence-electron chi connectivity index (χ4n) is 3.13. The molecule has 1 N–H and O–H groups in total. The van der Waals surface area contributed by atoms with Crippen LogP contribution >= 0.6 is 0 Å². The summed E-state index contributed by atoms with van der Waals surface area (Å²) in [4.78, 5) is 27.2. The molecular weight excluding hydrogens is 302 g/mol. The molecule has 0 bridgehead atoms. The minimum Gasteiger partial charge on any atom is -0.354 e. The van der Waals surface area contributed by atoms with Gasteiger partial charge >= 0.3 is 0 Å². The molecule has 1 fully saturated rings. The molecule has 0 aliphatic carbocycles. The van der Waals surface area contributed by atoms with E-state index in [0.717, 1.165) is 24.3 Å². The van der Waals surface area contributed by atoms with E-state index in [4.69, 9.17) is 0 Å². The third-order valence-electron chi connectivity index (χ3n) is 4.45. The Morgan fingerprint density at radius 2 is 2.29 bits per heavy atom. The van der Waals surface area contributed by atoms with Crippen LogP contribution in [0, 0.1) is 0 Å². The average molecular weight is 325 g/mol. The Kier molecular flexibility index (Phi) is 5.36. The lowest BCUT2D eigenvalue weighted by molar-refractivity contribution is 0.0945. The van der Waals surface area contributed by atoms with E-state index >= 15 is 0 Å². The van der Waals surface area contributed by atoms with E-state index in [1.165, 1.54) is 25.6 Å². The summed E-state index contributed by atoms with van der Waals surface area (Å²) in [6.45, 7) is 3.63. The van der Waals surface area contributed by atoms with Gasteiger partial charge in [0.1, 0.15) is 17.8 Å². The summed E-state index contributed by atoms with van der Waals surface area (Å²) in [6, 6.07) is 6.08. The number of hydrogen-bond donors (Lipinski definition) is 1. The number of anilines is 1. The van der Waals surface area contributed by atoms with E-state index < -0.39 is 0 Å². The highest BCUT2D eigenvalue weighted by Gasteiger charge is 2.23. The molecule has 1 unspecified atom stereocenters. The van der Waals surface area contributed by atoms with Crippen LogP contribution in [0.3, 0.4) is 0 Å². The Morgan fingerprint density at radius 3 is 3.08 bits per heavy atom. The van der Waals surface area contributed by atoms with E-state index in [-0.39, 0.29) is 5.91 Å². The molecule has 0 saturated carbocycles. The summed E-state index contributed by atoms with van der Waals surface area (Å²) >= 11 is 0. The van der Waals surface area contributed by atoms with Crippen LogP contribution in [0.15, 0.2) is 36.9 Å². The van der Waals surface area contributed by atoms with E-state index in [9.17, 15) is 4.79 Å². The maximum atomic E-state index is 12.4. The number of hydrogen-bond acceptors (Lipinski definition) is 5. The predicted molar refractivity (Wildman–Crippen MR) is 92.7 cm³/mol. The van der Waals surface area contributed by atoms with Gasteiger partial charge in [-0.3, -0.25) is 9.78 Å². The molecule has 3 heterocycles. The molecule has 2 aromatic heterocycles. The molecule has 0 aromatic carbocycles. The minimum absolute atomic E-state index is 0.187. The van der Waals surface area contributed by atoms with Crippen molar-refractivity contribution >= 4 is 11.7 Å². The number of carbonyl (C=O) groups is 1. The van der Waals surface area contributed by atoms with Crippen molar-refractivity contribution in [1.29, 1.82) is 0 Å². The molecule has 1 aliphatic heterocycles. The summed E-state index contributed by atoms with van der Waals surface area (Å²) in [7, 11) is 0. The van der Waals surface area contributed by atoms with Crippen molar-refractivity contribution in [2.75, 3.05) is 11.4 Å². The molecule has 1 amide bonds. The molecule has 24 heavy (non-hydrogen) atoms. The van der Waals surface area contributed by atoms with Crippen molar-refractivity contribution in [2.45, 2.75) is 45.2 Å². The Hall–Kier alpha value is -2.50. The van der Waals surface area contributed by atoms with Crippen molar-refractivity contribution in [1.82, 2.24) is 20.3 Å². The smallest absolute Gasteiger partial charge is 0.270 e.